The SMILES string of the molecule is NCCCCNCCCNCC(O)Cn1ccnc1[N+](=O)[O-]. The molecule has 0 saturated carbocycles. The average molecular weight is 314 g/mol. The predicted octanol–water partition coefficient (Wildman–Crippen LogP) is -0.540. The summed E-state index contributed by atoms with van der Waals surface area (Å²) in [5, 5.41) is 27.0. The first kappa shape index (κ1) is 18.5. The van der Waals surface area contributed by atoms with Crippen LogP contribution in [0.15, 0.2) is 12.4 Å². The summed E-state index contributed by atoms with van der Waals surface area (Å²) in [4.78, 5) is 13.8. The molecule has 1 unspecified atom stereocenters. The van der Waals surface area contributed by atoms with Gasteiger partial charge in [0, 0.05) is 6.54 Å². The van der Waals surface area contributed by atoms with Gasteiger partial charge in [-0.15, -0.1) is 0 Å². The van der Waals surface area contributed by atoms with Crippen molar-refractivity contribution in [3.8, 4) is 0 Å². The lowest BCUT2D eigenvalue weighted by Crippen LogP contribution is -2.32. The summed E-state index contributed by atoms with van der Waals surface area (Å²) in [6.45, 7) is 3.96. The summed E-state index contributed by atoms with van der Waals surface area (Å²) < 4.78 is 1.34. The number of aromatic nitrogens is 2. The number of aliphatic hydroxyl groups excluding tert-OH is 1. The third-order valence-corrected chi connectivity index (χ3v) is 3.16. The van der Waals surface area contributed by atoms with E-state index in [1.54, 1.807) is 0 Å². The first-order valence-electron chi connectivity index (χ1n) is 7.60. The number of nitrogens with two attached hydrogens (primary N) is 1. The van der Waals surface area contributed by atoms with E-state index in [4.69, 9.17) is 5.73 Å². The van der Waals surface area contributed by atoms with Gasteiger partial charge < -0.3 is 31.6 Å². The van der Waals surface area contributed by atoms with Gasteiger partial charge in [0.15, 0.2) is 0 Å². The van der Waals surface area contributed by atoms with Crippen LogP contribution in [0.1, 0.15) is 19.3 Å². The zero-order valence-electron chi connectivity index (χ0n) is 12.8. The van der Waals surface area contributed by atoms with E-state index in [0.29, 0.717) is 6.54 Å². The average Bonchev–Trinajstić information content (AvgIpc) is 2.94. The quantitative estimate of drug-likeness (QED) is 0.218. The van der Waals surface area contributed by atoms with Crippen molar-refractivity contribution in [2.75, 3.05) is 32.7 Å². The van der Waals surface area contributed by atoms with Crippen molar-refractivity contribution < 1.29 is 10.0 Å². The highest BCUT2D eigenvalue weighted by Crippen LogP contribution is 2.07. The Balaban J connectivity index is 2.05. The second-order valence-electron chi connectivity index (χ2n) is 5.09. The predicted molar refractivity (Wildman–Crippen MR) is 83.5 cm³/mol. The number of nitrogens with zero attached hydrogens (tertiary/aromatic N) is 3. The minimum Gasteiger partial charge on any atom is -0.390 e. The molecule has 1 rings (SSSR count). The molecule has 1 heterocycles. The van der Waals surface area contributed by atoms with Gasteiger partial charge in [-0.2, -0.15) is 0 Å². The maximum absolute atomic E-state index is 10.7. The van der Waals surface area contributed by atoms with Crippen LogP contribution in [-0.2, 0) is 6.54 Å². The molecule has 1 atom stereocenters. The molecule has 0 saturated heterocycles. The van der Waals surface area contributed by atoms with E-state index in [0.717, 1.165) is 45.4 Å². The maximum atomic E-state index is 10.7. The largest absolute Gasteiger partial charge is 0.434 e. The van der Waals surface area contributed by atoms with Crippen LogP contribution in [0.4, 0.5) is 5.95 Å². The molecule has 5 N–H and O–H groups in total. The summed E-state index contributed by atoms with van der Waals surface area (Å²) in [6.07, 6.45) is 5.25. The zero-order chi connectivity index (χ0) is 16.2. The maximum Gasteiger partial charge on any atom is 0.434 e. The molecular formula is C13H26N6O3. The van der Waals surface area contributed by atoms with Gasteiger partial charge in [-0.1, -0.05) is 4.98 Å². The van der Waals surface area contributed by atoms with E-state index in [-0.39, 0.29) is 12.5 Å². The lowest BCUT2D eigenvalue weighted by atomic mass is 10.3. The Morgan fingerprint density at radius 2 is 2.05 bits per heavy atom. The summed E-state index contributed by atoms with van der Waals surface area (Å²) in [5.41, 5.74) is 5.41. The normalized spacial score (nSPS) is 12.5. The molecule has 0 aromatic carbocycles. The third-order valence-electron chi connectivity index (χ3n) is 3.16. The fourth-order valence-electron chi connectivity index (χ4n) is 2.03. The van der Waals surface area contributed by atoms with E-state index < -0.39 is 11.0 Å². The first-order chi connectivity index (χ1) is 10.6. The number of nitrogens with one attached hydrogen (secondary N) is 2. The molecule has 0 aliphatic heterocycles. The van der Waals surface area contributed by atoms with Crippen LogP contribution in [0.2, 0.25) is 0 Å². The molecule has 0 spiro atoms. The summed E-state index contributed by atoms with van der Waals surface area (Å²) in [7, 11) is 0. The Morgan fingerprint density at radius 3 is 2.77 bits per heavy atom. The van der Waals surface area contributed by atoms with Crippen molar-refractivity contribution in [3.63, 3.8) is 0 Å². The van der Waals surface area contributed by atoms with Gasteiger partial charge in [0.25, 0.3) is 0 Å². The number of hydrogen-bond donors (Lipinski definition) is 4. The topological polar surface area (TPSA) is 131 Å². The Hall–Kier alpha value is -1.55. The van der Waals surface area contributed by atoms with E-state index in [1.807, 2.05) is 0 Å². The van der Waals surface area contributed by atoms with Crippen molar-refractivity contribution in [2.24, 2.45) is 5.73 Å². The second kappa shape index (κ2) is 11.1. The van der Waals surface area contributed by atoms with E-state index in [2.05, 4.69) is 15.6 Å². The molecule has 0 fully saturated rings. The molecule has 0 bridgehead atoms. The summed E-state index contributed by atoms with van der Waals surface area (Å²) in [6, 6.07) is 0. The number of unbranched alkanes of at least 4 members (excludes halogenated alkanes) is 1. The van der Waals surface area contributed by atoms with Crippen LogP contribution in [0.3, 0.4) is 0 Å². The number of imidazole rings is 1. The Bertz CT molecular complexity index is 426. The van der Waals surface area contributed by atoms with Crippen molar-refractivity contribution in [1.29, 1.82) is 0 Å². The van der Waals surface area contributed by atoms with Gasteiger partial charge in [0.05, 0.1) is 12.6 Å². The Morgan fingerprint density at radius 1 is 1.32 bits per heavy atom. The number of hydrogen-bond acceptors (Lipinski definition) is 7. The van der Waals surface area contributed by atoms with Crippen molar-refractivity contribution in [2.45, 2.75) is 31.9 Å². The molecule has 126 valence electrons. The first-order valence-corrected chi connectivity index (χ1v) is 7.60. The molecule has 22 heavy (non-hydrogen) atoms. The third kappa shape index (κ3) is 7.46. The zero-order valence-corrected chi connectivity index (χ0v) is 12.8. The fraction of sp³-hybridized carbons (Fsp3) is 0.769. The fourth-order valence-corrected chi connectivity index (χ4v) is 2.03. The molecule has 9 nitrogen and oxygen atoms in total. The standard InChI is InChI=1S/C13H26N6O3/c14-4-1-2-5-15-6-3-7-16-10-12(20)11-18-9-8-17-13(18)19(21)22/h8-9,12,15-16,20H,1-7,10-11,14H2. The highest BCUT2D eigenvalue weighted by molar-refractivity contribution is 5.06. The minimum absolute atomic E-state index is 0.153. The van der Waals surface area contributed by atoms with Gasteiger partial charge in [0.1, 0.15) is 12.4 Å². The molecular weight excluding hydrogens is 288 g/mol. The smallest absolute Gasteiger partial charge is 0.390 e. The molecule has 0 aliphatic carbocycles. The number of nitro groups is 1. The lowest BCUT2D eigenvalue weighted by Gasteiger charge is -2.11. The van der Waals surface area contributed by atoms with Gasteiger partial charge in [0.2, 0.25) is 0 Å². The number of aliphatic hydroxyl groups is 1. The van der Waals surface area contributed by atoms with E-state index >= 15 is 0 Å². The van der Waals surface area contributed by atoms with Crippen molar-refractivity contribution >= 4 is 5.95 Å². The summed E-state index contributed by atoms with van der Waals surface area (Å²) >= 11 is 0. The van der Waals surface area contributed by atoms with Crippen LogP contribution >= 0.6 is 0 Å². The van der Waals surface area contributed by atoms with Gasteiger partial charge in [-0.05, 0) is 50.4 Å². The minimum atomic E-state index is -0.689. The van der Waals surface area contributed by atoms with Gasteiger partial charge in [-0.3, -0.25) is 0 Å². The highest BCUT2D eigenvalue weighted by atomic mass is 16.6. The Labute approximate surface area is 130 Å². The molecule has 0 radical (unpaired) electrons. The van der Waals surface area contributed by atoms with Gasteiger partial charge >= 0.3 is 5.95 Å². The van der Waals surface area contributed by atoms with Gasteiger partial charge in [-0.25, -0.2) is 4.57 Å². The molecule has 1 aromatic rings. The monoisotopic (exact) mass is 314 g/mol. The van der Waals surface area contributed by atoms with Crippen molar-refractivity contribution in [3.05, 3.63) is 22.5 Å². The van der Waals surface area contributed by atoms with Crippen LogP contribution in [0.5, 0.6) is 0 Å². The highest BCUT2D eigenvalue weighted by Gasteiger charge is 2.16. The second-order valence-corrected chi connectivity index (χ2v) is 5.09. The molecule has 0 aliphatic rings. The molecule has 1 aromatic heterocycles. The molecule has 9 heteroatoms. The Kier molecular flexibility index (Phi) is 9.31. The van der Waals surface area contributed by atoms with E-state index in [1.165, 1.54) is 17.0 Å². The van der Waals surface area contributed by atoms with Crippen LogP contribution < -0.4 is 16.4 Å². The summed E-state index contributed by atoms with van der Waals surface area (Å²) in [5.74, 6) is -0.249. The lowest BCUT2D eigenvalue weighted by molar-refractivity contribution is -0.397. The van der Waals surface area contributed by atoms with Crippen LogP contribution in [0.25, 0.3) is 0 Å². The van der Waals surface area contributed by atoms with Crippen molar-refractivity contribution in [1.82, 2.24) is 20.2 Å². The van der Waals surface area contributed by atoms with Crippen LogP contribution in [0, 0.1) is 10.1 Å². The number of rotatable bonds is 13. The van der Waals surface area contributed by atoms with E-state index in [9.17, 15) is 15.2 Å². The van der Waals surface area contributed by atoms with Crippen LogP contribution in [-0.4, -0.2) is 58.4 Å². The molecule has 0 amide bonds.